The fourth-order valence-electron chi connectivity index (χ4n) is 1.45. The second kappa shape index (κ2) is 3.77. The molecule has 3 aromatic rings. The second-order valence-electron chi connectivity index (χ2n) is 3.28. The fourth-order valence-corrected chi connectivity index (χ4v) is 1.45. The van der Waals surface area contributed by atoms with E-state index in [1.54, 1.807) is 0 Å². The summed E-state index contributed by atoms with van der Waals surface area (Å²) in [5.41, 5.74) is 0.253. The van der Waals surface area contributed by atoms with Crippen molar-refractivity contribution in [2.75, 3.05) is 0 Å². The van der Waals surface area contributed by atoms with Gasteiger partial charge in [-0.2, -0.15) is 15.6 Å². The van der Waals surface area contributed by atoms with Crippen LogP contribution in [-0.2, 0) is 0 Å². The Morgan fingerprint density at radius 3 is 2.89 bits per heavy atom. The minimum Gasteiger partial charge on any atom is -0.358 e. The van der Waals surface area contributed by atoms with E-state index in [1.165, 1.54) is 0 Å². The van der Waals surface area contributed by atoms with E-state index in [0.717, 1.165) is 10.7 Å². The van der Waals surface area contributed by atoms with Crippen molar-refractivity contribution in [3.63, 3.8) is 0 Å². The molecule has 0 amide bonds. The van der Waals surface area contributed by atoms with Gasteiger partial charge in [0.2, 0.25) is 11.5 Å². The predicted octanol–water partition coefficient (Wildman–Crippen LogP) is -0.916. The number of nitriles is 1. The van der Waals surface area contributed by atoms with Crippen LogP contribution in [0, 0.1) is 21.4 Å². The van der Waals surface area contributed by atoms with E-state index in [0.29, 0.717) is 0 Å². The number of nitrogens with one attached hydrogen (secondary N) is 1. The smallest absolute Gasteiger partial charge is 0.358 e. The van der Waals surface area contributed by atoms with Crippen molar-refractivity contribution in [2.24, 2.45) is 0 Å². The molecule has 0 saturated carbocycles. The molecule has 0 saturated heterocycles. The third-order valence-electron chi connectivity index (χ3n) is 2.23. The maximum atomic E-state index is 10.6. The van der Waals surface area contributed by atoms with Gasteiger partial charge in [0.1, 0.15) is 17.8 Å². The topological polar surface area (TPSA) is 164 Å². The van der Waals surface area contributed by atoms with Crippen LogP contribution in [-0.4, -0.2) is 45.4 Å². The van der Waals surface area contributed by atoms with Crippen molar-refractivity contribution in [1.29, 1.82) is 5.26 Å². The Morgan fingerprint density at radius 1 is 1.42 bits per heavy atom. The highest BCUT2D eigenvalue weighted by molar-refractivity contribution is 5.70. The quantitative estimate of drug-likeness (QED) is 0.451. The third kappa shape index (κ3) is 1.53. The number of fused-ring (bicyclic) bond motifs is 1. The molecule has 19 heavy (non-hydrogen) atoms. The summed E-state index contributed by atoms with van der Waals surface area (Å²) < 4.78 is 1.08. The molecule has 0 bridgehead atoms. The summed E-state index contributed by atoms with van der Waals surface area (Å²) in [6, 6.07) is 1.88. The van der Waals surface area contributed by atoms with Crippen LogP contribution in [0.3, 0.4) is 0 Å². The van der Waals surface area contributed by atoms with Crippen molar-refractivity contribution < 1.29 is 4.92 Å². The van der Waals surface area contributed by atoms with Crippen LogP contribution in [0.5, 0.6) is 0 Å². The standard InChI is InChI=1S/C7H2N10O2/c8-1-3-5(6-10-14-15-11-6)13-16-2-4(17(18)19)9-12-7(3)16/h2H,(H,10,11,14,15). The third-order valence-corrected chi connectivity index (χ3v) is 2.23. The molecule has 0 fully saturated rings. The number of rotatable bonds is 2. The number of aromatic nitrogens is 8. The average Bonchev–Trinajstić information content (AvgIpc) is 3.04. The minimum atomic E-state index is -0.714. The van der Waals surface area contributed by atoms with E-state index in [-0.39, 0.29) is 22.7 Å². The molecule has 0 aliphatic carbocycles. The summed E-state index contributed by atoms with van der Waals surface area (Å²) >= 11 is 0. The monoisotopic (exact) mass is 258 g/mol. The number of H-pyrrole nitrogens is 1. The van der Waals surface area contributed by atoms with Gasteiger partial charge in [-0.3, -0.25) is 0 Å². The molecule has 0 radical (unpaired) electrons. The fraction of sp³-hybridized carbons (Fsp3) is 0. The normalized spacial score (nSPS) is 10.5. The zero-order valence-corrected chi connectivity index (χ0v) is 8.92. The molecule has 0 aliphatic heterocycles. The van der Waals surface area contributed by atoms with Crippen molar-refractivity contribution in [3.8, 4) is 17.6 Å². The van der Waals surface area contributed by atoms with E-state index >= 15 is 0 Å². The highest BCUT2D eigenvalue weighted by atomic mass is 16.6. The van der Waals surface area contributed by atoms with Gasteiger partial charge in [0.05, 0.1) is 5.10 Å². The first-order valence-corrected chi connectivity index (χ1v) is 4.75. The molecular weight excluding hydrogens is 256 g/mol. The first-order chi connectivity index (χ1) is 9.20. The van der Waals surface area contributed by atoms with Gasteiger partial charge < -0.3 is 10.1 Å². The van der Waals surface area contributed by atoms with E-state index in [1.807, 2.05) is 6.07 Å². The Labute approximate surface area is 102 Å². The van der Waals surface area contributed by atoms with E-state index in [4.69, 9.17) is 5.26 Å². The van der Waals surface area contributed by atoms with Crippen molar-refractivity contribution >= 4 is 11.5 Å². The average molecular weight is 258 g/mol. The minimum absolute atomic E-state index is 0.0591. The van der Waals surface area contributed by atoms with Gasteiger partial charge in [0.15, 0.2) is 5.69 Å². The van der Waals surface area contributed by atoms with Crippen LogP contribution in [0.4, 0.5) is 5.82 Å². The van der Waals surface area contributed by atoms with Crippen LogP contribution in [0.1, 0.15) is 5.56 Å². The van der Waals surface area contributed by atoms with Crippen LogP contribution in [0.25, 0.3) is 17.2 Å². The largest absolute Gasteiger partial charge is 0.409 e. The first kappa shape index (κ1) is 10.7. The molecule has 3 rings (SSSR count). The van der Waals surface area contributed by atoms with Crippen molar-refractivity contribution in [2.45, 2.75) is 0 Å². The Bertz CT molecular complexity index is 812. The van der Waals surface area contributed by atoms with E-state index in [9.17, 15) is 10.1 Å². The van der Waals surface area contributed by atoms with Crippen LogP contribution in [0.15, 0.2) is 6.20 Å². The molecular formula is C7H2N10O2. The van der Waals surface area contributed by atoms with E-state index < -0.39 is 10.7 Å². The maximum absolute atomic E-state index is 10.6. The van der Waals surface area contributed by atoms with Crippen molar-refractivity contribution in [3.05, 3.63) is 21.9 Å². The molecule has 92 valence electrons. The first-order valence-electron chi connectivity index (χ1n) is 4.75. The van der Waals surface area contributed by atoms with Gasteiger partial charge in [0, 0.05) is 0 Å². The predicted molar refractivity (Wildman–Crippen MR) is 55.3 cm³/mol. The number of hydrogen-bond donors (Lipinski definition) is 1. The van der Waals surface area contributed by atoms with Gasteiger partial charge in [-0.15, -0.1) is 10.2 Å². The molecule has 12 heteroatoms. The highest BCUT2D eigenvalue weighted by Crippen LogP contribution is 2.21. The lowest BCUT2D eigenvalue weighted by Gasteiger charge is -1.90. The Kier molecular flexibility index (Phi) is 2.11. The van der Waals surface area contributed by atoms with Gasteiger partial charge in [-0.05, 0) is 15.2 Å². The molecule has 0 spiro atoms. The molecule has 0 atom stereocenters. The Balaban J connectivity index is 2.30. The van der Waals surface area contributed by atoms with Crippen LogP contribution < -0.4 is 0 Å². The van der Waals surface area contributed by atoms with Gasteiger partial charge >= 0.3 is 5.82 Å². The van der Waals surface area contributed by atoms with Gasteiger partial charge in [-0.25, -0.2) is 4.52 Å². The number of aromatic amines is 1. The highest BCUT2D eigenvalue weighted by Gasteiger charge is 2.22. The Morgan fingerprint density at radius 2 is 2.26 bits per heavy atom. The summed E-state index contributed by atoms with van der Waals surface area (Å²) in [6.45, 7) is 0. The zero-order valence-electron chi connectivity index (χ0n) is 8.92. The molecule has 0 aliphatic rings. The maximum Gasteiger partial charge on any atom is 0.409 e. The summed E-state index contributed by atoms with van der Waals surface area (Å²) in [4.78, 5) is 9.88. The number of hydrogen-bond acceptors (Lipinski definition) is 9. The lowest BCUT2D eigenvalue weighted by molar-refractivity contribution is -0.390. The van der Waals surface area contributed by atoms with Gasteiger partial charge in [-0.1, -0.05) is 0 Å². The number of tetrazole rings is 1. The molecule has 12 nitrogen and oxygen atoms in total. The lowest BCUT2D eigenvalue weighted by Crippen LogP contribution is -1.99. The van der Waals surface area contributed by atoms with E-state index in [2.05, 4.69) is 35.9 Å². The van der Waals surface area contributed by atoms with Gasteiger partial charge in [0.25, 0.3) is 0 Å². The zero-order chi connectivity index (χ0) is 13.4. The van der Waals surface area contributed by atoms with Crippen molar-refractivity contribution in [1.82, 2.24) is 40.4 Å². The molecule has 0 aromatic carbocycles. The Hall–Kier alpha value is -3.49. The summed E-state index contributed by atoms with van der Waals surface area (Å²) in [5, 5.41) is 43.6. The molecule has 1 N–H and O–H groups in total. The number of nitrogens with zero attached hydrogens (tertiary/aromatic N) is 9. The SMILES string of the molecule is N#Cc1c(-c2nn[nH]n2)nn2cc([N+](=O)[O-])nnc12. The lowest BCUT2D eigenvalue weighted by atomic mass is 10.2. The molecule has 0 unspecified atom stereocenters. The van der Waals surface area contributed by atoms with Crippen LogP contribution >= 0.6 is 0 Å². The molecule has 3 heterocycles. The molecule has 3 aromatic heterocycles. The summed E-state index contributed by atoms with van der Waals surface area (Å²) in [6.07, 6.45) is 1.05. The summed E-state index contributed by atoms with van der Waals surface area (Å²) in [7, 11) is 0. The number of nitro groups is 1. The second-order valence-corrected chi connectivity index (χ2v) is 3.28. The van der Waals surface area contributed by atoms with Crippen LogP contribution in [0.2, 0.25) is 0 Å². The summed E-state index contributed by atoms with van der Waals surface area (Å²) in [5.74, 6) is -0.399.